The number of aromatic nitrogens is 1. The summed E-state index contributed by atoms with van der Waals surface area (Å²) >= 11 is 1.62. The molecule has 0 aromatic carbocycles. The summed E-state index contributed by atoms with van der Waals surface area (Å²) in [6.45, 7) is 9.37. The SMILES string of the molecule is Cc1cc(CNC(C)C)cnc1SC(C)CO. The highest BCUT2D eigenvalue weighted by molar-refractivity contribution is 7.99. The lowest BCUT2D eigenvalue weighted by Gasteiger charge is -2.12. The van der Waals surface area contributed by atoms with Crippen LogP contribution in [0, 0.1) is 6.92 Å². The fourth-order valence-corrected chi connectivity index (χ4v) is 2.20. The van der Waals surface area contributed by atoms with Gasteiger partial charge in [0.05, 0.1) is 11.6 Å². The highest BCUT2D eigenvalue weighted by Gasteiger charge is 2.07. The van der Waals surface area contributed by atoms with Gasteiger partial charge < -0.3 is 10.4 Å². The van der Waals surface area contributed by atoms with E-state index in [1.165, 1.54) is 11.1 Å². The highest BCUT2D eigenvalue weighted by atomic mass is 32.2. The topological polar surface area (TPSA) is 45.2 Å². The second kappa shape index (κ2) is 6.99. The number of aryl methyl sites for hydroxylation is 1. The largest absolute Gasteiger partial charge is 0.395 e. The standard InChI is InChI=1S/C13H22N2OS/c1-9(2)14-6-12-5-10(3)13(15-7-12)17-11(4)8-16/h5,7,9,11,14,16H,6,8H2,1-4H3. The van der Waals surface area contributed by atoms with Crippen LogP contribution in [0.4, 0.5) is 0 Å². The van der Waals surface area contributed by atoms with Crippen LogP contribution in [0.2, 0.25) is 0 Å². The van der Waals surface area contributed by atoms with Crippen LogP contribution in [0.5, 0.6) is 0 Å². The van der Waals surface area contributed by atoms with Crippen molar-refractivity contribution in [2.24, 2.45) is 0 Å². The van der Waals surface area contributed by atoms with E-state index < -0.39 is 0 Å². The van der Waals surface area contributed by atoms with E-state index in [4.69, 9.17) is 5.11 Å². The Bertz CT molecular complexity index is 355. The number of hydrogen-bond acceptors (Lipinski definition) is 4. The smallest absolute Gasteiger partial charge is 0.0992 e. The molecule has 0 aliphatic heterocycles. The molecule has 4 heteroatoms. The van der Waals surface area contributed by atoms with Crippen LogP contribution < -0.4 is 5.32 Å². The second-order valence-electron chi connectivity index (χ2n) is 4.61. The van der Waals surface area contributed by atoms with Crippen LogP contribution in [-0.2, 0) is 6.54 Å². The molecule has 1 heterocycles. The maximum Gasteiger partial charge on any atom is 0.0992 e. The van der Waals surface area contributed by atoms with Crippen molar-refractivity contribution in [1.29, 1.82) is 0 Å². The van der Waals surface area contributed by atoms with Crippen molar-refractivity contribution in [3.8, 4) is 0 Å². The molecule has 0 spiro atoms. The van der Waals surface area contributed by atoms with Gasteiger partial charge >= 0.3 is 0 Å². The number of nitrogens with one attached hydrogen (secondary N) is 1. The lowest BCUT2D eigenvalue weighted by atomic mass is 10.2. The number of hydrogen-bond donors (Lipinski definition) is 2. The molecule has 96 valence electrons. The second-order valence-corrected chi connectivity index (χ2v) is 6.04. The van der Waals surface area contributed by atoms with Crippen molar-refractivity contribution in [3.63, 3.8) is 0 Å². The third-order valence-electron chi connectivity index (χ3n) is 2.37. The number of aliphatic hydroxyl groups excluding tert-OH is 1. The molecule has 0 aliphatic carbocycles. The number of rotatable bonds is 6. The molecule has 1 atom stereocenters. The third kappa shape index (κ3) is 5.06. The van der Waals surface area contributed by atoms with Gasteiger partial charge in [0, 0.05) is 24.0 Å². The lowest BCUT2D eigenvalue weighted by molar-refractivity contribution is 0.300. The normalized spacial score (nSPS) is 13.1. The van der Waals surface area contributed by atoms with Gasteiger partial charge in [0.25, 0.3) is 0 Å². The molecule has 0 amide bonds. The van der Waals surface area contributed by atoms with Gasteiger partial charge in [0.1, 0.15) is 0 Å². The van der Waals surface area contributed by atoms with E-state index in [1.807, 2.05) is 13.1 Å². The molecule has 2 N–H and O–H groups in total. The van der Waals surface area contributed by atoms with Gasteiger partial charge in [-0.1, -0.05) is 26.8 Å². The summed E-state index contributed by atoms with van der Waals surface area (Å²) in [6, 6.07) is 2.65. The van der Waals surface area contributed by atoms with Crippen LogP contribution in [0.3, 0.4) is 0 Å². The molecule has 1 aromatic rings. The van der Waals surface area contributed by atoms with Crippen LogP contribution in [0.1, 0.15) is 31.9 Å². The summed E-state index contributed by atoms with van der Waals surface area (Å²) in [4.78, 5) is 4.46. The number of pyridine rings is 1. The van der Waals surface area contributed by atoms with Gasteiger partial charge in [-0.2, -0.15) is 0 Å². The molecule has 0 saturated carbocycles. The first-order valence-corrected chi connectivity index (χ1v) is 6.87. The molecule has 1 rings (SSSR count). The molecule has 0 bridgehead atoms. The van der Waals surface area contributed by atoms with Gasteiger partial charge in [-0.15, -0.1) is 11.8 Å². The Morgan fingerprint density at radius 2 is 2.12 bits per heavy atom. The van der Waals surface area contributed by atoms with E-state index in [1.54, 1.807) is 11.8 Å². The number of aliphatic hydroxyl groups is 1. The van der Waals surface area contributed by atoms with Crippen LogP contribution in [0.15, 0.2) is 17.3 Å². The lowest BCUT2D eigenvalue weighted by Crippen LogP contribution is -2.22. The Hall–Kier alpha value is -0.580. The van der Waals surface area contributed by atoms with Gasteiger partial charge in [-0.05, 0) is 18.1 Å². The summed E-state index contributed by atoms with van der Waals surface area (Å²) in [7, 11) is 0. The van der Waals surface area contributed by atoms with Crippen molar-refractivity contribution >= 4 is 11.8 Å². The average Bonchev–Trinajstić information content (AvgIpc) is 2.29. The summed E-state index contributed by atoms with van der Waals surface area (Å²) < 4.78 is 0. The number of thioether (sulfide) groups is 1. The first-order chi connectivity index (χ1) is 8.02. The fraction of sp³-hybridized carbons (Fsp3) is 0.615. The molecule has 0 radical (unpaired) electrons. The first-order valence-electron chi connectivity index (χ1n) is 5.99. The maximum atomic E-state index is 9.03. The first kappa shape index (κ1) is 14.5. The maximum absolute atomic E-state index is 9.03. The van der Waals surface area contributed by atoms with E-state index in [-0.39, 0.29) is 11.9 Å². The fourth-order valence-electron chi connectivity index (χ4n) is 1.39. The average molecular weight is 254 g/mol. The number of nitrogens with zero attached hydrogens (tertiary/aromatic N) is 1. The quantitative estimate of drug-likeness (QED) is 0.765. The minimum Gasteiger partial charge on any atom is -0.395 e. The van der Waals surface area contributed by atoms with Crippen LogP contribution in [-0.4, -0.2) is 28.0 Å². The third-order valence-corrected chi connectivity index (χ3v) is 3.57. The minimum absolute atomic E-state index is 0.183. The van der Waals surface area contributed by atoms with Crippen molar-refractivity contribution in [2.45, 2.75) is 50.6 Å². The van der Waals surface area contributed by atoms with Crippen molar-refractivity contribution < 1.29 is 5.11 Å². The van der Waals surface area contributed by atoms with Crippen LogP contribution >= 0.6 is 11.8 Å². The van der Waals surface area contributed by atoms with E-state index in [0.29, 0.717) is 6.04 Å². The molecule has 0 fully saturated rings. The highest BCUT2D eigenvalue weighted by Crippen LogP contribution is 2.24. The Balaban J connectivity index is 2.65. The summed E-state index contributed by atoms with van der Waals surface area (Å²) in [6.07, 6.45) is 1.91. The molecule has 3 nitrogen and oxygen atoms in total. The molecule has 17 heavy (non-hydrogen) atoms. The zero-order chi connectivity index (χ0) is 12.8. The Labute approximate surface area is 108 Å². The van der Waals surface area contributed by atoms with Gasteiger partial charge in [0.2, 0.25) is 0 Å². The Kier molecular flexibility index (Phi) is 5.95. The van der Waals surface area contributed by atoms with Gasteiger partial charge in [-0.3, -0.25) is 0 Å². The summed E-state index contributed by atoms with van der Waals surface area (Å²) in [5.74, 6) is 0. The summed E-state index contributed by atoms with van der Waals surface area (Å²) in [5, 5.41) is 13.6. The molecule has 1 unspecified atom stereocenters. The zero-order valence-electron chi connectivity index (χ0n) is 11.0. The summed E-state index contributed by atoms with van der Waals surface area (Å²) in [5.41, 5.74) is 2.38. The Morgan fingerprint density at radius 1 is 1.41 bits per heavy atom. The predicted octanol–water partition coefficient (Wildman–Crippen LogP) is 2.36. The van der Waals surface area contributed by atoms with E-state index in [9.17, 15) is 0 Å². The molecule has 0 aliphatic rings. The van der Waals surface area contributed by atoms with Crippen molar-refractivity contribution in [1.82, 2.24) is 10.3 Å². The molecule has 1 aromatic heterocycles. The van der Waals surface area contributed by atoms with E-state index >= 15 is 0 Å². The molecular weight excluding hydrogens is 232 g/mol. The zero-order valence-corrected chi connectivity index (χ0v) is 11.8. The predicted molar refractivity (Wildman–Crippen MR) is 73.4 cm³/mol. The van der Waals surface area contributed by atoms with Gasteiger partial charge in [-0.25, -0.2) is 4.98 Å². The van der Waals surface area contributed by atoms with E-state index in [2.05, 4.69) is 37.1 Å². The van der Waals surface area contributed by atoms with Crippen molar-refractivity contribution in [2.75, 3.05) is 6.61 Å². The van der Waals surface area contributed by atoms with Crippen LogP contribution in [0.25, 0.3) is 0 Å². The minimum atomic E-state index is 0.183. The van der Waals surface area contributed by atoms with E-state index in [0.717, 1.165) is 11.6 Å². The Morgan fingerprint density at radius 3 is 2.65 bits per heavy atom. The molecular formula is C13H22N2OS. The molecule has 0 saturated heterocycles. The monoisotopic (exact) mass is 254 g/mol. The van der Waals surface area contributed by atoms with Crippen molar-refractivity contribution in [3.05, 3.63) is 23.4 Å². The van der Waals surface area contributed by atoms with Gasteiger partial charge in [0.15, 0.2) is 0 Å².